The molecule has 0 fully saturated rings. The molecule has 1 heterocycles. The van der Waals surface area contributed by atoms with Crippen LogP contribution in [0.15, 0.2) is 34.1 Å². The van der Waals surface area contributed by atoms with Crippen molar-refractivity contribution in [1.82, 2.24) is 0 Å². The highest BCUT2D eigenvalue weighted by atomic mass is 79.9. The van der Waals surface area contributed by atoms with Gasteiger partial charge in [0.05, 0.1) is 3.79 Å². The summed E-state index contributed by atoms with van der Waals surface area (Å²) in [5.41, 5.74) is 6.49. The molecule has 0 radical (unpaired) electrons. The molecule has 2 nitrogen and oxygen atoms in total. The number of benzene rings is 1. The van der Waals surface area contributed by atoms with Crippen LogP contribution in [-0.4, -0.2) is 0 Å². The maximum Gasteiger partial charge on any atom is 0.124 e. The molecule has 0 aliphatic heterocycles. The van der Waals surface area contributed by atoms with Crippen LogP contribution in [0.1, 0.15) is 23.4 Å². The van der Waals surface area contributed by atoms with E-state index in [1.165, 1.54) is 12.1 Å². The van der Waals surface area contributed by atoms with Crippen molar-refractivity contribution in [2.75, 3.05) is 0 Å². The number of nitrogens with two attached hydrogens (primary N) is 1. The van der Waals surface area contributed by atoms with Crippen LogP contribution in [0.5, 0.6) is 5.75 Å². The lowest BCUT2D eigenvalue weighted by Gasteiger charge is -2.13. The lowest BCUT2D eigenvalue weighted by Crippen LogP contribution is -2.08. The minimum atomic E-state index is -0.298. The third kappa shape index (κ3) is 3.31. The molecule has 0 saturated heterocycles. The summed E-state index contributed by atoms with van der Waals surface area (Å²) in [5.74, 6) is 0.337. The molecule has 1 aromatic carbocycles. The van der Waals surface area contributed by atoms with Crippen LogP contribution in [-0.2, 0) is 6.61 Å². The first-order valence-corrected chi connectivity index (χ1v) is 7.09. The van der Waals surface area contributed by atoms with Crippen LogP contribution in [0.4, 0.5) is 4.39 Å². The molecule has 1 aromatic heterocycles. The number of hydrogen-bond donors (Lipinski definition) is 1. The van der Waals surface area contributed by atoms with E-state index in [1.807, 2.05) is 19.1 Å². The Morgan fingerprint density at radius 3 is 2.78 bits per heavy atom. The van der Waals surface area contributed by atoms with E-state index in [-0.39, 0.29) is 11.9 Å². The normalized spacial score (nSPS) is 12.4. The average molecular weight is 330 g/mol. The number of thiophene rings is 1. The van der Waals surface area contributed by atoms with Crippen molar-refractivity contribution in [3.63, 3.8) is 0 Å². The van der Waals surface area contributed by atoms with Gasteiger partial charge >= 0.3 is 0 Å². The molecule has 2 N–H and O–H groups in total. The molecule has 96 valence electrons. The summed E-state index contributed by atoms with van der Waals surface area (Å²) in [6, 6.07) is 8.13. The van der Waals surface area contributed by atoms with Gasteiger partial charge < -0.3 is 10.5 Å². The van der Waals surface area contributed by atoms with Crippen molar-refractivity contribution in [2.24, 2.45) is 5.73 Å². The predicted octanol–water partition coefficient (Wildman–Crippen LogP) is 4.25. The smallest absolute Gasteiger partial charge is 0.124 e. The van der Waals surface area contributed by atoms with Gasteiger partial charge in [-0.1, -0.05) is 0 Å². The van der Waals surface area contributed by atoms with Crippen molar-refractivity contribution in [3.05, 3.63) is 50.4 Å². The summed E-state index contributed by atoms with van der Waals surface area (Å²) in [6.07, 6.45) is 0. The van der Waals surface area contributed by atoms with Crippen LogP contribution in [0.2, 0.25) is 0 Å². The fourth-order valence-corrected chi connectivity index (χ4v) is 2.98. The van der Waals surface area contributed by atoms with Gasteiger partial charge in [0.2, 0.25) is 0 Å². The Hall–Kier alpha value is -0.910. The lowest BCUT2D eigenvalue weighted by molar-refractivity contribution is 0.304. The highest BCUT2D eigenvalue weighted by Gasteiger charge is 2.10. The molecule has 2 aromatic rings. The molecule has 0 aliphatic rings. The third-order valence-corrected chi connectivity index (χ3v) is 4.06. The van der Waals surface area contributed by atoms with Crippen molar-refractivity contribution < 1.29 is 9.13 Å². The molecule has 1 atom stereocenters. The van der Waals surface area contributed by atoms with Crippen LogP contribution < -0.4 is 10.5 Å². The van der Waals surface area contributed by atoms with Gasteiger partial charge in [-0.3, -0.25) is 0 Å². The Labute approximate surface area is 118 Å². The number of halogens is 2. The molecule has 0 aliphatic carbocycles. The Bertz CT molecular complexity index is 542. The Kier molecular flexibility index (Phi) is 4.37. The number of hydrogen-bond acceptors (Lipinski definition) is 3. The van der Waals surface area contributed by atoms with Gasteiger partial charge in [-0.25, -0.2) is 4.39 Å². The third-order valence-electron chi connectivity index (χ3n) is 2.46. The molecular weight excluding hydrogens is 317 g/mol. The molecule has 0 saturated carbocycles. The number of ether oxygens (including phenoxy) is 1. The summed E-state index contributed by atoms with van der Waals surface area (Å²) < 4.78 is 19.9. The first-order valence-electron chi connectivity index (χ1n) is 5.48. The minimum Gasteiger partial charge on any atom is -0.488 e. The van der Waals surface area contributed by atoms with E-state index < -0.39 is 0 Å². The molecule has 5 heteroatoms. The molecule has 0 bridgehead atoms. The summed E-state index contributed by atoms with van der Waals surface area (Å²) in [7, 11) is 0. The minimum absolute atomic E-state index is 0.259. The van der Waals surface area contributed by atoms with Crippen molar-refractivity contribution in [3.8, 4) is 5.75 Å². The Balaban J connectivity index is 2.13. The van der Waals surface area contributed by atoms with Gasteiger partial charge in [-0.05, 0) is 53.2 Å². The van der Waals surface area contributed by atoms with Gasteiger partial charge in [0.25, 0.3) is 0 Å². The van der Waals surface area contributed by atoms with Crippen molar-refractivity contribution in [2.45, 2.75) is 19.6 Å². The average Bonchev–Trinajstić information content (AvgIpc) is 2.73. The van der Waals surface area contributed by atoms with Gasteiger partial charge in [-0.15, -0.1) is 11.3 Å². The maximum absolute atomic E-state index is 13.2. The van der Waals surface area contributed by atoms with Gasteiger partial charge in [0.1, 0.15) is 18.2 Å². The quantitative estimate of drug-likeness (QED) is 0.910. The second-order valence-corrected chi connectivity index (χ2v) is 6.51. The second kappa shape index (κ2) is 5.82. The highest BCUT2D eigenvalue weighted by molar-refractivity contribution is 9.11. The monoisotopic (exact) mass is 329 g/mol. The van der Waals surface area contributed by atoms with E-state index in [4.69, 9.17) is 10.5 Å². The first-order chi connectivity index (χ1) is 8.56. The van der Waals surface area contributed by atoms with Crippen molar-refractivity contribution >= 4 is 27.3 Å². The molecular formula is C13H13BrFNOS. The fraction of sp³-hybridized carbons (Fsp3) is 0.231. The van der Waals surface area contributed by atoms with Crippen molar-refractivity contribution in [1.29, 1.82) is 0 Å². The Morgan fingerprint density at radius 1 is 1.39 bits per heavy atom. The van der Waals surface area contributed by atoms with E-state index >= 15 is 0 Å². The first kappa shape index (κ1) is 13.5. The summed E-state index contributed by atoms with van der Waals surface area (Å²) >= 11 is 5.01. The zero-order valence-electron chi connectivity index (χ0n) is 9.82. The van der Waals surface area contributed by atoms with Crippen LogP contribution >= 0.6 is 27.3 Å². The fourth-order valence-electron chi connectivity index (χ4n) is 1.58. The molecule has 2 rings (SSSR count). The summed E-state index contributed by atoms with van der Waals surface area (Å²) in [4.78, 5) is 1.10. The van der Waals surface area contributed by atoms with Gasteiger partial charge in [0, 0.05) is 16.5 Å². The summed E-state index contributed by atoms with van der Waals surface area (Å²) in [6.45, 7) is 2.27. The lowest BCUT2D eigenvalue weighted by atomic mass is 10.1. The maximum atomic E-state index is 13.2. The van der Waals surface area contributed by atoms with Gasteiger partial charge in [0.15, 0.2) is 0 Å². The molecule has 18 heavy (non-hydrogen) atoms. The topological polar surface area (TPSA) is 35.2 Å². The SMILES string of the molecule is C[C@@H](N)c1cc(F)ccc1OCc1ccc(Br)s1. The molecule has 0 amide bonds. The summed E-state index contributed by atoms with van der Waals surface area (Å²) in [5, 5.41) is 0. The largest absolute Gasteiger partial charge is 0.488 e. The van der Waals surface area contributed by atoms with E-state index in [0.717, 1.165) is 8.66 Å². The van der Waals surface area contributed by atoms with E-state index in [9.17, 15) is 4.39 Å². The van der Waals surface area contributed by atoms with E-state index in [2.05, 4.69) is 15.9 Å². The van der Waals surface area contributed by atoms with Gasteiger partial charge in [-0.2, -0.15) is 0 Å². The molecule has 0 unspecified atom stereocenters. The van der Waals surface area contributed by atoms with Crippen LogP contribution in [0, 0.1) is 5.82 Å². The van der Waals surface area contributed by atoms with E-state index in [1.54, 1.807) is 17.4 Å². The predicted molar refractivity (Wildman–Crippen MR) is 75.4 cm³/mol. The van der Waals surface area contributed by atoms with Crippen LogP contribution in [0.25, 0.3) is 0 Å². The van der Waals surface area contributed by atoms with E-state index in [0.29, 0.717) is 17.9 Å². The van der Waals surface area contributed by atoms with Crippen LogP contribution in [0.3, 0.4) is 0 Å². The molecule has 0 spiro atoms. The zero-order chi connectivity index (χ0) is 13.1. The highest BCUT2D eigenvalue weighted by Crippen LogP contribution is 2.27. The zero-order valence-corrected chi connectivity index (χ0v) is 12.2. The standard InChI is InChI=1S/C13H13BrFNOS/c1-8(16)11-6-9(15)2-4-12(11)17-7-10-3-5-13(14)18-10/h2-6,8H,7,16H2,1H3/t8-/m1/s1. The second-order valence-electron chi connectivity index (χ2n) is 3.97. The Morgan fingerprint density at radius 2 is 2.17 bits per heavy atom. The number of rotatable bonds is 4.